The monoisotopic (exact) mass is 558 g/mol. The van der Waals surface area contributed by atoms with E-state index in [2.05, 4.69) is 6.08 Å². The Morgan fingerprint density at radius 2 is 1.88 bits per heavy atom. The summed E-state index contributed by atoms with van der Waals surface area (Å²) in [4.78, 5) is 46.2. The van der Waals surface area contributed by atoms with Crippen molar-refractivity contribution in [2.75, 3.05) is 24.7 Å². The number of ether oxygens (including phenoxy) is 1. The smallest absolute Gasteiger partial charge is 0.311 e. The molecular formula is C32H34N2O5S. The lowest BCUT2D eigenvalue weighted by Crippen LogP contribution is -2.54. The van der Waals surface area contributed by atoms with Gasteiger partial charge in [0.1, 0.15) is 6.04 Å². The van der Waals surface area contributed by atoms with E-state index in [-0.39, 0.29) is 23.7 Å². The van der Waals surface area contributed by atoms with Crippen LogP contribution in [0, 0.1) is 25.7 Å². The Hall–Kier alpha value is -3.36. The number of carbonyl (C=O) groups is 3. The molecule has 7 nitrogen and oxygen atoms in total. The number of hydrogen-bond donors (Lipinski definition) is 1. The Balaban J connectivity index is 1.53. The average Bonchev–Trinajstić information content (AvgIpc) is 3.36. The predicted octanol–water partition coefficient (Wildman–Crippen LogP) is 4.13. The van der Waals surface area contributed by atoms with Gasteiger partial charge in [-0.25, -0.2) is 0 Å². The molecule has 2 aromatic carbocycles. The first kappa shape index (κ1) is 26.8. The molecule has 2 amide bonds. The van der Waals surface area contributed by atoms with Crippen molar-refractivity contribution in [2.24, 2.45) is 11.8 Å². The quantitative estimate of drug-likeness (QED) is 0.449. The fourth-order valence-corrected chi connectivity index (χ4v) is 8.77. The SMILES string of the molecule is Cc1ccc(C)c(N2CC=C[C@]34S[C@H]5/C=C\CCCOC(=O)[C@H]5[C@H]3C(=O)N([C@H](CO)c3ccccc3)C4C2=O)c1. The van der Waals surface area contributed by atoms with Gasteiger partial charge in [0.25, 0.3) is 5.91 Å². The number of thioether (sulfide) groups is 1. The summed E-state index contributed by atoms with van der Waals surface area (Å²) in [6, 6.07) is 13.7. The highest BCUT2D eigenvalue weighted by molar-refractivity contribution is 8.02. The third kappa shape index (κ3) is 4.20. The van der Waals surface area contributed by atoms with Gasteiger partial charge in [0.15, 0.2) is 0 Å². The summed E-state index contributed by atoms with van der Waals surface area (Å²) in [5, 5.41) is 10.4. The van der Waals surface area contributed by atoms with Gasteiger partial charge < -0.3 is 19.6 Å². The van der Waals surface area contributed by atoms with Crippen LogP contribution in [0.2, 0.25) is 0 Å². The van der Waals surface area contributed by atoms with Crippen LogP contribution >= 0.6 is 11.8 Å². The van der Waals surface area contributed by atoms with Crippen LogP contribution in [0.3, 0.4) is 0 Å². The molecule has 4 heterocycles. The van der Waals surface area contributed by atoms with Gasteiger partial charge in [-0.3, -0.25) is 14.4 Å². The maximum Gasteiger partial charge on any atom is 0.311 e. The third-order valence-electron chi connectivity index (χ3n) is 8.64. The van der Waals surface area contributed by atoms with Crippen molar-refractivity contribution >= 4 is 35.2 Å². The molecular weight excluding hydrogens is 524 g/mol. The first-order chi connectivity index (χ1) is 19.4. The van der Waals surface area contributed by atoms with Gasteiger partial charge in [0.05, 0.1) is 35.8 Å². The second-order valence-corrected chi connectivity index (χ2v) is 12.6. The molecule has 0 aromatic heterocycles. The van der Waals surface area contributed by atoms with Crippen LogP contribution in [-0.2, 0) is 19.1 Å². The van der Waals surface area contributed by atoms with Crippen LogP contribution in [0.4, 0.5) is 5.69 Å². The lowest BCUT2D eigenvalue weighted by atomic mass is 9.78. The van der Waals surface area contributed by atoms with Gasteiger partial charge >= 0.3 is 5.97 Å². The van der Waals surface area contributed by atoms with Crippen molar-refractivity contribution in [1.29, 1.82) is 0 Å². The number of benzene rings is 2. The van der Waals surface area contributed by atoms with Crippen molar-refractivity contribution in [1.82, 2.24) is 4.90 Å². The zero-order chi connectivity index (χ0) is 28.0. The highest BCUT2D eigenvalue weighted by Gasteiger charge is 2.72. The van der Waals surface area contributed by atoms with Crippen LogP contribution < -0.4 is 4.90 Å². The molecule has 2 saturated heterocycles. The number of rotatable bonds is 4. The number of cyclic esters (lactones) is 1. The summed E-state index contributed by atoms with van der Waals surface area (Å²) in [6.07, 6.45) is 9.56. The highest BCUT2D eigenvalue weighted by Crippen LogP contribution is 2.62. The van der Waals surface area contributed by atoms with Crippen LogP contribution in [0.5, 0.6) is 0 Å². The molecule has 1 unspecified atom stereocenters. The summed E-state index contributed by atoms with van der Waals surface area (Å²) in [7, 11) is 0. The van der Waals surface area contributed by atoms with Crippen molar-refractivity contribution in [2.45, 2.75) is 48.8 Å². The first-order valence-corrected chi connectivity index (χ1v) is 14.8. The molecule has 0 bridgehead atoms. The molecule has 8 heteroatoms. The second-order valence-electron chi connectivity index (χ2n) is 11.1. The molecule has 4 aliphatic heterocycles. The van der Waals surface area contributed by atoms with Gasteiger partial charge in [-0.1, -0.05) is 66.8 Å². The average molecular weight is 559 g/mol. The third-order valence-corrected chi connectivity index (χ3v) is 10.4. The number of carbonyl (C=O) groups excluding carboxylic acids is 3. The molecule has 0 saturated carbocycles. The van der Waals surface area contributed by atoms with Crippen molar-refractivity contribution in [3.8, 4) is 0 Å². The summed E-state index contributed by atoms with van der Waals surface area (Å²) in [5.74, 6) is -2.41. The maximum atomic E-state index is 14.8. The van der Waals surface area contributed by atoms with E-state index >= 15 is 0 Å². The van der Waals surface area contributed by atoms with E-state index in [0.717, 1.165) is 35.2 Å². The fourth-order valence-electron chi connectivity index (χ4n) is 6.78. The second kappa shape index (κ2) is 10.6. The number of anilines is 1. The number of esters is 1. The van der Waals surface area contributed by atoms with E-state index in [1.165, 1.54) is 11.8 Å². The Morgan fingerprint density at radius 3 is 2.65 bits per heavy atom. The standard InChI is InChI=1S/C32H34N2O5S/c1-20-13-14-21(2)23(18-20)33-16-9-15-32-27(26-25(40-32)12-7-4-8-17-39-31(26)38)29(36)34(28(32)30(33)37)24(19-35)22-10-5-3-6-11-22/h3,5-7,9-15,18,24-28,35H,4,8,16-17,19H2,1-2H3/b12-7-/t24-,25+,26-,27+,28?,32+/m1/s1. The van der Waals surface area contributed by atoms with E-state index in [9.17, 15) is 19.5 Å². The van der Waals surface area contributed by atoms with E-state index in [1.54, 1.807) is 9.80 Å². The number of aliphatic hydroxyl groups is 1. The Kier molecular flexibility index (Phi) is 7.09. The molecule has 2 aromatic rings. The molecule has 1 spiro atoms. The minimum absolute atomic E-state index is 0.208. The number of nitrogens with zero attached hydrogens (tertiary/aromatic N) is 2. The summed E-state index contributed by atoms with van der Waals surface area (Å²) in [5.41, 5.74) is 3.53. The Morgan fingerprint density at radius 1 is 1.07 bits per heavy atom. The number of aliphatic hydroxyl groups excluding tert-OH is 1. The first-order valence-electron chi connectivity index (χ1n) is 13.9. The molecule has 2 fully saturated rings. The fraction of sp³-hybridized carbons (Fsp3) is 0.406. The topological polar surface area (TPSA) is 87.2 Å². The van der Waals surface area contributed by atoms with Crippen LogP contribution in [-0.4, -0.2) is 63.6 Å². The van der Waals surface area contributed by atoms with Gasteiger partial charge in [-0.05, 0) is 49.4 Å². The van der Waals surface area contributed by atoms with Gasteiger partial charge in [-0.15, -0.1) is 11.8 Å². The van der Waals surface area contributed by atoms with Gasteiger partial charge in [0, 0.05) is 17.5 Å². The summed E-state index contributed by atoms with van der Waals surface area (Å²) >= 11 is 1.52. The van der Waals surface area contributed by atoms with E-state index < -0.39 is 34.6 Å². The molecule has 6 rings (SSSR count). The molecule has 4 aliphatic rings. The van der Waals surface area contributed by atoms with Gasteiger partial charge in [-0.2, -0.15) is 0 Å². The number of likely N-dealkylation sites (tertiary alicyclic amines) is 1. The molecule has 208 valence electrons. The lowest BCUT2D eigenvalue weighted by Gasteiger charge is -2.39. The van der Waals surface area contributed by atoms with Crippen LogP contribution in [0.15, 0.2) is 72.8 Å². The largest absolute Gasteiger partial charge is 0.465 e. The molecule has 40 heavy (non-hydrogen) atoms. The predicted molar refractivity (Wildman–Crippen MR) is 155 cm³/mol. The van der Waals surface area contributed by atoms with Crippen molar-refractivity contribution < 1.29 is 24.2 Å². The Labute approximate surface area is 238 Å². The van der Waals surface area contributed by atoms with E-state index in [1.807, 2.05) is 80.6 Å². The minimum Gasteiger partial charge on any atom is -0.465 e. The maximum absolute atomic E-state index is 14.8. The number of fused-ring (bicyclic) bond motifs is 2. The minimum atomic E-state index is -0.985. The zero-order valence-corrected chi connectivity index (χ0v) is 23.5. The highest BCUT2D eigenvalue weighted by atomic mass is 32.2. The van der Waals surface area contributed by atoms with Gasteiger partial charge in [0.2, 0.25) is 5.91 Å². The Bertz CT molecular complexity index is 1390. The van der Waals surface area contributed by atoms with Crippen LogP contribution in [0.1, 0.15) is 35.6 Å². The number of aryl methyl sites for hydroxylation is 2. The normalized spacial score (nSPS) is 31.3. The van der Waals surface area contributed by atoms with Crippen molar-refractivity contribution in [3.05, 3.63) is 89.5 Å². The molecule has 0 aliphatic carbocycles. The summed E-state index contributed by atoms with van der Waals surface area (Å²) in [6.45, 7) is 4.27. The van der Waals surface area contributed by atoms with Crippen LogP contribution in [0.25, 0.3) is 0 Å². The lowest BCUT2D eigenvalue weighted by molar-refractivity contribution is -0.153. The van der Waals surface area contributed by atoms with E-state index in [4.69, 9.17) is 4.74 Å². The van der Waals surface area contributed by atoms with Crippen molar-refractivity contribution in [3.63, 3.8) is 0 Å². The molecule has 6 atom stereocenters. The van der Waals surface area contributed by atoms with E-state index in [0.29, 0.717) is 13.2 Å². The molecule has 0 radical (unpaired) electrons. The number of amides is 2. The number of hydrogen-bond acceptors (Lipinski definition) is 6. The zero-order valence-electron chi connectivity index (χ0n) is 22.7. The summed E-state index contributed by atoms with van der Waals surface area (Å²) < 4.78 is 4.68. The molecule has 1 N–H and O–H groups in total. The number of allylic oxidation sites excluding steroid dienone is 1.